The van der Waals surface area contributed by atoms with E-state index in [-0.39, 0.29) is 5.69 Å². The zero-order chi connectivity index (χ0) is 9.68. The molecule has 0 saturated carbocycles. The van der Waals surface area contributed by atoms with Crippen molar-refractivity contribution in [3.63, 3.8) is 0 Å². The van der Waals surface area contributed by atoms with Gasteiger partial charge < -0.3 is 10.4 Å². The quantitative estimate of drug-likeness (QED) is 0.646. The van der Waals surface area contributed by atoms with Crippen LogP contribution in [-0.2, 0) is 0 Å². The lowest BCUT2D eigenvalue weighted by atomic mass is 10.4. The first-order valence-electron chi connectivity index (χ1n) is 3.46. The molecule has 0 amide bonds. The van der Waals surface area contributed by atoms with Gasteiger partial charge in [0.15, 0.2) is 5.69 Å². The summed E-state index contributed by atoms with van der Waals surface area (Å²) in [5.41, 5.74) is -0.0606. The summed E-state index contributed by atoms with van der Waals surface area (Å²) < 4.78 is 0. The van der Waals surface area contributed by atoms with Crippen molar-refractivity contribution in [2.45, 2.75) is 0 Å². The van der Waals surface area contributed by atoms with E-state index in [4.69, 9.17) is 11.5 Å². The second-order valence-corrected chi connectivity index (χ2v) is 2.15. The van der Waals surface area contributed by atoms with Gasteiger partial charge in [0, 0.05) is 6.07 Å². The number of aromatic carboxylic acids is 1. The second kappa shape index (κ2) is 4.07. The van der Waals surface area contributed by atoms with E-state index in [1.165, 1.54) is 12.4 Å². The largest absolute Gasteiger partial charge is 0.477 e. The summed E-state index contributed by atoms with van der Waals surface area (Å²) in [6.45, 7) is 0.302. The highest BCUT2D eigenvalue weighted by molar-refractivity contribution is 5.85. The van der Waals surface area contributed by atoms with Gasteiger partial charge in [-0.2, -0.15) is 0 Å². The fraction of sp³-hybridized carbons (Fsp3) is 0.125. The maximum atomic E-state index is 10.5. The highest BCUT2D eigenvalue weighted by Crippen LogP contribution is 2.02. The summed E-state index contributed by atoms with van der Waals surface area (Å²) in [6.07, 6.45) is 6.17. The molecule has 0 aliphatic heterocycles. The van der Waals surface area contributed by atoms with E-state index in [9.17, 15) is 4.79 Å². The van der Waals surface area contributed by atoms with Crippen molar-refractivity contribution in [1.29, 1.82) is 0 Å². The summed E-state index contributed by atoms with van der Waals surface area (Å²) >= 11 is 0. The number of hydrogen-bond acceptors (Lipinski definition) is 4. The highest BCUT2D eigenvalue weighted by atomic mass is 16.4. The molecule has 0 aromatic carbocycles. The third-order valence-electron chi connectivity index (χ3n) is 1.26. The molecule has 5 nitrogen and oxygen atoms in total. The predicted octanol–water partition coefficient (Wildman–Crippen LogP) is 0.220. The highest BCUT2D eigenvalue weighted by Gasteiger charge is 2.04. The Labute approximate surface area is 74.8 Å². The lowest BCUT2D eigenvalue weighted by Crippen LogP contribution is -2.05. The molecule has 1 heterocycles. The van der Waals surface area contributed by atoms with Crippen molar-refractivity contribution in [3.05, 3.63) is 18.1 Å². The third kappa shape index (κ3) is 2.45. The number of aromatic nitrogens is 2. The zero-order valence-corrected chi connectivity index (χ0v) is 6.69. The number of hydrogen-bond donors (Lipinski definition) is 2. The van der Waals surface area contributed by atoms with Crippen molar-refractivity contribution in [2.24, 2.45) is 0 Å². The summed E-state index contributed by atoms with van der Waals surface area (Å²) in [4.78, 5) is 17.8. The Balaban J connectivity index is 2.80. The van der Waals surface area contributed by atoms with Crippen LogP contribution in [0.1, 0.15) is 10.5 Å². The van der Waals surface area contributed by atoms with Gasteiger partial charge in [-0.3, -0.25) is 0 Å². The van der Waals surface area contributed by atoms with Gasteiger partial charge in [-0.25, -0.2) is 14.8 Å². The van der Waals surface area contributed by atoms with E-state index in [0.717, 1.165) is 0 Å². The van der Waals surface area contributed by atoms with E-state index in [2.05, 4.69) is 21.2 Å². The number of anilines is 1. The first kappa shape index (κ1) is 9.00. The Morgan fingerprint density at radius 1 is 1.69 bits per heavy atom. The first-order valence-corrected chi connectivity index (χ1v) is 3.46. The number of terminal acetylenes is 1. The lowest BCUT2D eigenvalue weighted by Gasteiger charge is -2.00. The van der Waals surface area contributed by atoms with Crippen LogP contribution in [0.5, 0.6) is 0 Å². The molecule has 0 atom stereocenters. The fourth-order valence-corrected chi connectivity index (χ4v) is 0.713. The summed E-state index contributed by atoms with van der Waals surface area (Å²) in [5.74, 6) is 1.66. The van der Waals surface area contributed by atoms with Crippen molar-refractivity contribution < 1.29 is 9.90 Å². The van der Waals surface area contributed by atoms with Crippen LogP contribution in [0.2, 0.25) is 0 Å². The lowest BCUT2D eigenvalue weighted by molar-refractivity contribution is 0.0690. The van der Waals surface area contributed by atoms with Crippen LogP contribution in [0.25, 0.3) is 0 Å². The molecule has 1 rings (SSSR count). The van der Waals surface area contributed by atoms with Crippen molar-refractivity contribution in [3.8, 4) is 12.3 Å². The molecule has 0 bridgehead atoms. The third-order valence-corrected chi connectivity index (χ3v) is 1.26. The average molecular weight is 177 g/mol. The molecule has 0 radical (unpaired) electrons. The van der Waals surface area contributed by atoms with E-state index in [1.54, 1.807) is 0 Å². The maximum Gasteiger partial charge on any atom is 0.354 e. The standard InChI is InChI=1S/C8H7N3O2/c1-2-3-9-7-4-6(8(12)13)10-5-11-7/h1,4-5H,3H2,(H,12,13)(H,9,10,11). The van der Waals surface area contributed by atoms with Gasteiger partial charge in [0.1, 0.15) is 12.1 Å². The molecule has 0 saturated heterocycles. The van der Waals surface area contributed by atoms with E-state index >= 15 is 0 Å². The molecule has 2 N–H and O–H groups in total. The molecule has 13 heavy (non-hydrogen) atoms. The number of carboxylic acids is 1. The molecule has 0 unspecified atom stereocenters. The molecule has 66 valence electrons. The summed E-state index contributed by atoms with van der Waals surface area (Å²) in [7, 11) is 0. The van der Waals surface area contributed by atoms with Crippen LogP contribution in [0, 0.1) is 12.3 Å². The minimum absolute atomic E-state index is 0.0606. The molecule has 0 spiro atoms. The molecule has 0 fully saturated rings. The smallest absolute Gasteiger partial charge is 0.354 e. The molecule has 1 aromatic rings. The molecule has 1 aromatic heterocycles. The number of carboxylic acid groups (broad SMARTS) is 1. The van der Waals surface area contributed by atoms with Crippen LogP contribution in [0.4, 0.5) is 5.82 Å². The van der Waals surface area contributed by atoms with E-state index < -0.39 is 5.97 Å². The van der Waals surface area contributed by atoms with Crippen LogP contribution < -0.4 is 5.32 Å². The summed E-state index contributed by atoms with van der Waals surface area (Å²) in [6, 6.07) is 1.32. The van der Waals surface area contributed by atoms with E-state index in [1.807, 2.05) is 0 Å². The van der Waals surface area contributed by atoms with Gasteiger partial charge in [-0.05, 0) is 0 Å². The normalized spacial score (nSPS) is 8.85. The first-order chi connectivity index (χ1) is 6.24. The average Bonchev–Trinajstić information content (AvgIpc) is 2.15. The van der Waals surface area contributed by atoms with Crippen LogP contribution >= 0.6 is 0 Å². The van der Waals surface area contributed by atoms with Gasteiger partial charge in [-0.1, -0.05) is 5.92 Å². The fourth-order valence-electron chi connectivity index (χ4n) is 0.713. The van der Waals surface area contributed by atoms with Gasteiger partial charge in [0.05, 0.1) is 6.54 Å². The number of rotatable bonds is 3. The van der Waals surface area contributed by atoms with Crippen molar-refractivity contribution in [2.75, 3.05) is 11.9 Å². The minimum Gasteiger partial charge on any atom is -0.477 e. The Bertz CT molecular complexity index is 357. The number of nitrogens with one attached hydrogen (secondary N) is 1. The molecule has 0 aliphatic rings. The van der Waals surface area contributed by atoms with Gasteiger partial charge in [-0.15, -0.1) is 6.42 Å². The van der Waals surface area contributed by atoms with E-state index in [0.29, 0.717) is 12.4 Å². The SMILES string of the molecule is C#CCNc1cc(C(=O)O)ncn1. The second-order valence-electron chi connectivity index (χ2n) is 2.15. The number of nitrogens with zero attached hydrogens (tertiary/aromatic N) is 2. The molecular weight excluding hydrogens is 170 g/mol. The Hall–Kier alpha value is -2.09. The zero-order valence-electron chi connectivity index (χ0n) is 6.69. The van der Waals surface area contributed by atoms with Gasteiger partial charge in [0.2, 0.25) is 0 Å². The van der Waals surface area contributed by atoms with Crippen molar-refractivity contribution >= 4 is 11.8 Å². The van der Waals surface area contributed by atoms with Crippen LogP contribution in [-0.4, -0.2) is 27.6 Å². The minimum atomic E-state index is -1.09. The van der Waals surface area contributed by atoms with Crippen LogP contribution in [0.3, 0.4) is 0 Å². The van der Waals surface area contributed by atoms with Gasteiger partial charge >= 0.3 is 5.97 Å². The van der Waals surface area contributed by atoms with Crippen molar-refractivity contribution in [1.82, 2.24) is 9.97 Å². The predicted molar refractivity (Wildman–Crippen MR) is 46.3 cm³/mol. The monoisotopic (exact) mass is 177 g/mol. The Kier molecular flexibility index (Phi) is 2.82. The van der Waals surface area contributed by atoms with Gasteiger partial charge in [0.25, 0.3) is 0 Å². The van der Waals surface area contributed by atoms with Crippen LogP contribution in [0.15, 0.2) is 12.4 Å². The number of carbonyl (C=O) groups is 1. The maximum absolute atomic E-state index is 10.5. The Morgan fingerprint density at radius 2 is 2.46 bits per heavy atom. The topological polar surface area (TPSA) is 75.1 Å². The molecular formula is C8H7N3O2. The molecule has 5 heteroatoms. The molecule has 0 aliphatic carbocycles. The Morgan fingerprint density at radius 3 is 3.08 bits per heavy atom. The summed E-state index contributed by atoms with van der Waals surface area (Å²) in [5, 5.41) is 11.3.